The van der Waals surface area contributed by atoms with Gasteiger partial charge in [-0.1, -0.05) is 0 Å². The van der Waals surface area contributed by atoms with E-state index in [2.05, 4.69) is 35.0 Å². The Labute approximate surface area is 184 Å². The smallest absolute Gasteiger partial charge is 0.234 e. The summed E-state index contributed by atoms with van der Waals surface area (Å²) in [6.07, 6.45) is 2.98. The molecule has 4 heterocycles. The summed E-state index contributed by atoms with van der Waals surface area (Å²) in [5.74, 6) is 0.825. The Morgan fingerprint density at radius 2 is 2.06 bits per heavy atom. The second-order valence-corrected chi connectivity index (χ2v) is 9.39. The summed E-state index contributed by atoms with van der Waals surface area (Å²) >= 11 is 0. The quantitative estimate of drug-likeness (QED) is 0.762. The van der Waals surface area contributed by atoms with Gasteiger partial charge in [0.05, 0.1) is 30.4 Å². The summed E-state index contributed by atoms with van der Waals surface area (Å²) in [6.45, 7) is 11.5. The summed E-state index contributed by atoms with van der Waals surface area (Å²) in [7, 11) is 0. The van der Waals surface area contributed by atoms with Crippen LogP contribution in [0.2, 0.25) is 0 Å². The van der Waals surface area contributed by atoms with Crippen molar-refractivity contribution in [1.82, 2.24) is 15.2 Å². The van der Waals surface area contributed by atoms with Crippen molar-refractivity contribution >= 4 is 11.7 Å². The van der Waals surface area contributed by atoms with Gasteiger partial charge >= 0.3 is 0 Å². The van der Waals surface area contributed by atoms with Gasteiger partial charge in [0, 0.05) is 57.0 Å². The van der Waals surface area contributed by atoms with Gasteiger partial charge in [0.15, 0.2) is 0 Å². The SMILES string of the molecule is Cc1nc(N2CCN(CC(=O)NC[C@H]3CCCO3)CC2)c(C#N)c2c1COC(C)(C)C2. The van der Waals surface area contributed by atoms with Gasteiger partial charge in [0.2, 0.25) is 5.91 Å². The third-order valence-electron chi connectivity index (χ3n) is 6.51. The molecule has 1 atom stereocenters. The third-order valence-corrected chi connectivity index (χ3v) is 6.51. The minimum Gasteiger partial charge on any atom is -0.376 e. The summed E-state index contributed by atoms with van der Waals surface area (Å²) in [4.78, 5) is 21.4. The Kier molecular flexibility index (Phi) is 6.47. The minimum atomic E-state index is -0.279. The number of fused-ring (bicyclic) bond motifs is 1. The van der Waals surface area contributed by atoms with Crippen molar-refractivity contribution in [2.24, 2.45) is 0 Å². The highest BCUT2D eigenvalue weighted by Gasteiger charge is 2.32. The zero-order valence-corrected chi connectivity index (χ0v) is 18.9. The van der Waals surface area contributed by atoms with Crippen molar-refractivity contribution in [3.05, 3.63) is 22.4 Å². The number of piperazine rings is 1. The van der Waals surface area contributed by atoms with E-state index in [0.717, 1.165) is 68.3 Å². The van der Waals surface area contributed by atoms with Crippen LogP contribution in [0.1, 0.15) is 49.1 Å². The van der Waals surface area contributed by atoms with Crippen LogP contribution in [0.15, 0.2) is 0 Å². The van der Waals surface area contributed by atoms with E-state index in [0.29, 0.717) is 31.7 Å². The summed E-state index contributed by atoms with van der Waals surface area (Å²) in [5.41, 5.74) is 3.48. The van der Waals surface area contributed by atoms with E-state index in [-0.39, 0.29) is 17.6 Å². The van der Waals surface area contributed by atoms with E-state index in [1.54, 1.807) is 0 Å². The zero-order valence-electron chi connectivity index (χ0n) is 18.9. The second-order valence-electron chi connectivity index (χ2n) is 9.39. The predicted molar refractivity (Wildman–Crippen MR) is 117 cm³/mol. The number of nitrogens with one attached hydrogen (secondary N) is 1. The van der Waals surface area contributed by atoms with Crippen LogP contribution in [0.3, 0.4) is 0 Å². The van der Waals surface area contributed by atoms with Crippen molar-refractivity contribution in [3.63, 3.8) is 0 Å². The highest BCUT2D eigenvalue weighted by atomic mass is 16.5. The number of anilines is 1. The molecule has 3 aliphatic heterocycles. The maximum absolute atomic E-state index is 12.3. The molecular formula is C23H33N5O3. The molecule has 2 fully saturated rings. The fourth-order valence-corrected chi connectivity index (χ4v) is 4.67. The number of hydrogen-bond donors (Lipinski definition) is 1. The lowest BCUT2D eigenvalue weighted by atomic mass is 9.88. The molecule has 3 aliphatic rings. The van der Waals surface area contributed by atoms with Crippen LogP contribution in [-0.2, 0) is 27.3 Å². The number of nitriles is 1. The number of carbonyl (C=O) groups is 1. The number of pyridine rings is 1. The van der Waals surface area contributed by atoms with Gasteiger partial charge in [-0.2, -0.15) is 5.26 Å². The first kappa shape index (κ1) is 22.0. The average molecular weight is 428 g/mol. The molecule has 31 heavy (non-hydrogen) atoms. The molecule has 1 aromatic heterocycles. The minimum absolute atomic E-state index is 0.0478. The Morgan fingerprint density at radius 3 is 2.74 bits per heavy atom. The van der Waals surface area contributed by atoms with E-state index in [9.17, 15) is 10.1 Å². The molecule has 1 N–H and O–H groups in total. The van der Waals surface area contributed by atoms with Gasteiger partial charge in [-0.05, 0) is 39.2 Å². The number of carbonyl (C=O) groups excluding carboxylic acids is 1. The average Bonchev–Trinajstić information content (AvgIpc) is 3.25. The Balaban J connectivity index is 1.38. The molecule has 0 aromatic carbocycles. The molecule has 0 saturated carbocycles. The Bertz CT molecular complexity index is 865. The Hall–Kier alpha value is -2.21. The highest BCUT2D eigenvalue weighted by molar-refractivity contribution is 5.78. The van der Waals surface area contributed by atoms with Gasteiger partial charge in [0.1, 0.15) is 11.9 Å². The van der Waals surface area contributed by atoms with Crippen LogP contribution >= 0.6 is 0 Å². The number of amides is 1. The summed E-state index contributed by atoms with van der Waals surface area (Å²) in [6, 6.07) is 2.42. The fourth-order valence-electron chi connectivity index (χ4n) is 4.67. The van der Waals surface area contributed by atoms with Gasteiger partial charge in [-0.15, -0.1) is 0 Å². The maximum Gasteiger partial charge on any atom is 0.234 e. The second kappa shape index (κ2) is 9.11. The largest absolute Gasteiger partial charge is 0.376 e. The third kappa shape index (κ3) is 5.00. The topological polar surface area (TPSA) is 90.7 Å². The van der Waals surface area contributed by atoms with Crippen LogP contribution in [0.25, 0.3) is 0 Å². The number of aromatic nitrogens is 1. The number of rotatable bonds is 5. The van der Waals surface area contributed by atoms with Gasteiger partial charge in [0.25, 0.3) is 0 Å². The van der Waals surface area contributed by atoms with Crippen molar-refractivity contribution in [2.45, 2.75) is 58.3 Å². The molecule has 8 heteroatoms. The molecule has 0 spiro atoms. The molecule has 0 unspecified atom stereocenters. The lowest BCUT2D eigenvalue weighted by molar-refractivity contribution is -0.122. The summed E-state index contributed by atoms with van der Waals surface area (Å²) in [5, 5.41) is 13.0. The van der Waals surface area contributed by atoms with Crippen LogP contribution in [0.5, 0.6) is 0 Å². The molecule has 0 bridgehead atoms. The first-order chi connectivity index (χ1) is 14.9. The molecule has 0 aliphatic carbocycles. The molecule has 0 radical (unpaired) electrons. The standard InChI is InChI=1S/C23H33N5O3/c1-16-20-15-31-23(2,3)11-18(20)19(12-24)22(26-16)28-8-6-27(7-9-28)14-21(29)25-13-17-5-4-10-30-17/h17H,4-11,13-15H2,1-3H3,(H,25,29)/t17-/m1/s1. The van der Waals surface area contributed by atoms with E-state index in [4.69, 9.17) is 14.5 Å². The molecule has 168 valence electrons. The van der Waals surface area contributed by atoms with Crippen molar-refractivity contribution in [3.8, 4) is 6.07 Å². The van der Waals surface area contributed by atoms with Gasteiger partial charge in [-0.25, -0.2) is 4.98 Å². The molecular weight excluding hydrogens is 394 g/mol. The monoisotopic (exact) mass is 427 g/mol. The lowest BCUT2D eigenvalue weighted by Gasteiger charge is -2.38. The molecule has 1 amide bonds. The van der Waals surface area contributed by atoms with Crippen molar-refractivity contribution < 1.29 is 14.3 Å². The molecule has 4 rings (SSSR count). The normalized spacial score (nSPS) is 23.3. The van der Waals surface area contributed by atoms with Crippen molar-refractivity contribution in [1.29, 1.82) is 5.26 Å². The van der Waals surface area contributed by atoms with E-state index in [1.807, 2.05) is 6.92 Å². The maximum atomic E-state index is 12.3. The number of aryl methyl sites for hydroxylation is 1. The van der Waals surface area contributed by atoms with E-state index < -0.39 is 0 Å². The molecule has 8 nitrogen and oxygen atoms in total. The number of nitrogens with zero attached hydrogens (tertiary/aromatic N) is 4. The highest BCUT2D eigenvalue weighted by Crippen LogP contribution is 2.35. The Morgan fingerprint density at radius 1 is 1.29 bits per heavy atom. The van der Waals surface area contributed by atoms with E-state index in [1.165, 1.54) is 0 Å². The number of hydrogen-bond acceptors (Lipinski definition) is 7. The lowest BCUT2D eigenvalue weighted by Crippen LogP contribution is -2.50. The van der Waals surface area contributed by atoms with Crippen molar-refractivity contribution in [2.75, 3.05) is 50.8 Å². The van der Waals surface area contributed by atoms with Gasteiger partial charge in [-0.3, -0.25) is 9.69 Å². The zero-order chi connectivity index (χ0) is 22.0. The first-order valence-corrected chi connectivity index (χ1v) is 11.3. The molecule has 1 aromatic rings. The van der Waals surface area contributed by atoms with Crippen LogP contribution in [-0.4, -0.2) is 73.4 Å². The predicted octanol–water partition coefficient (Wildman–Crippen LogP) is 1.53. The van der Waals surface area contributed by atoms with Crippen LogP contribution in [0, 0.1) is 18.3 Å². The van der Waals surface area contributed by atoms with Crippen LogP contribution in [0.4, 0.5) is 5.82 Å². The fraction of sp³-hybridized carbons (Fsp3) is 0.696. The molecule has 2 saturated heterocycles. The van der Waals surface area contributed by atoms with Crippen LogP contribution < -0.4 is 10.2 Å². The first-order valence-electron chi connectivity index (χ1n) is 11.3. The summed E-state index contributed by atoms with van der Waals surface area (Å²) < 4.78 is 11.5. The van der Waals surface area contributed by atoms with Gasteiger partial charge < -0.3 is 19.7 Å². The van der Waals surface area contributed by atoms with E-state index >= 15 is 0 Å². The number of ether oxygens (including phenoxy) is 2.